The van der Waals surface area contributed by atoms with Crippen LogP contribution in [0.3, 0.4) is 0 Å². The lowest BCUT2D eigenvalue weighted by molar-refractivity contribution is 1.33. The van der Waals surface area contributed by atoms with Gasteiger partial charge in [0.15, 0.2) is 0 Å². The van der Waals surface area contributed by atoms with Crippen LogP contribution in [-0.4, -0.2) is 4.98 Å². The molecule has 20 heavy (non-hydrogen) atoms. The molecule has 102 valence electrons. The van der Waals surface area contributed by atoms with Crippen LogP contribution in [0.2, 0.25) is 0 Å². The van der Waals surface area contributed by atoms with E-state index in [0.717, 1.165) is 5.69 Å². The fourth-order valence-electron chi connectivity index (χ4n) is 2.02. The van der Waals surface area contributed by atoms with E-state index in [2.05, 4.69) is 41.4 Å². The number of hydrogen-bond donors (Lipinski definition) is 0. The number of rotatable bonds is 2. The van der Waals surface area contributed by atoms with E-state index >= 15 is 0 Å². The van der Waals surface area contributed by atoms with Crippen molar-refractivity contribution in [3.63, 3.8) is 0 Å². The van der Waals surface area contributed by atoms with Crippen LogP contribution < -0.4 is 0 Å². The smallest absolute Gasteiger partial charge is 0.0708 e. The molecule has 3 heteroatoms. The molecule has 0 atom stereocenters. The average molecular weight is 304 g/mol. The predicted octanol–water partition coefficient (Wildman–Crippen LogP) is 5.25. The van der Waals surface area contributed by atoms with Gasteiger partial charge in [-0.05, 0) is 23.1 Å². The first kappa shape index (κ1) is 16.2. The fourth-order valence-corrected chi connectivity index (χ4v) is 2.02. The van der Waals surface area contributed by atoms with Crippen molar-refractivity contribution in [2.24, 2.45) is 0 Å². The Morgan fingerprint density at radius 3 is 2.20 bits per heavy atom. The van der Waals surface area contributed by atoms with Crippen LogP contribution >= 0.6 is 24.8 Å². The van der Waals surface area contributed by atoms with Crippen LogP contribution in [0.1, 0.15) is 11.3 Å². The quantitative estimate of drug-likeness (QED) is 0.630. The molecule has 0 aliphatic rings. The first-order valence-corrected chi connectivity index (χ1v) is 6.00. The van der Waals surface area contributed by atoms with Crippen LogP contribution in [0.25, 0.3) is 22.9 Å². The van der Waals surface area contributed by atoms with Crippen LogP contribution in [-0.2, 0) is 0 Å². The number of aromatic nitrogens is 1. The van der Waals surface area contributed by atoms with Crippen molar-refractivity contribution in [3.05, 3.63) is 78.1 Å². The first-order chi connectivity index (χ1) is 8.93. The molecule has 0 aliphatic carbocycles. The SMILES string of the molecule is C(=C\c1nccc2ccccc12)/c1ccccc1.Cl.Cl. The van der Waals surface area contributed by atoms with Crippen LogP contribution in [0.5, 0.6) is 0 Å². The maximum Gasteiger partial charge on any atom is 0.0708 e. The van der Waals surface area contributed by atoms with Gasteiger partial charge in [0.2, 0.25) is 0 Å². The number of benzene rings is 2. The van der Waals surface area contributed by atoms with Gasteiger partial charge in [0.05, 0.1) is 5.69 Å². The molecule has 2 aromatic carbocycles. The summed E-state index contributed by atoms with van der Waals surface area (Å²) in [4.78, 5) is 4.44. The highest BCUT2D eigenvalue weighted by atomic mass is 35.5. The summed E-state index contributed by atoms with van der Waals surface area (Å²) in [6.07, 6.45) is 6.01. The lowest BCUT2D eigenvalue weighted by atomic mass is 10.1. The molecular weight excluding hydrogens is 289 g/mol. The molecule has 0 saturated heterocycles. The van der Waals surface area contributed by atoms with E-state index in [4.69, 9.17) is 0 Å². The van der Waals surface area contributed by atoms with Gasteiger partial charge in [-0.25, -0.2) is 0 Å². The van der Waals surface area contributed by atoms with Crippen molar-refractivity contribution in [3.8, 4) is 0 Å². The second-order valence-electron chi connectivity index (χ2n) is 4.16. The summed E-state index contributed by atoms with van der Waals surface area (Å²) in [7, 11) is 0. The lowest BCUT2D eigenvalue weighted by Gasteiger charge is -2.00. The van der Waals surface area contributed by atoms with Crippen LogP contribution in [0, 0.1) is 0 Å². The highest BCUT2D eigenvalue weighted by Gasteiger charge is 1.97. The summed E-state index contributed by atoms with van der Waals surface area (Å²) >= 11 is 0. The van der Waals surface area contributed by atoms with Gasteiger partial charge in [-0.15, -0.1) is 24.8 Å². The van der Waals surface area contributed by atoms with E-state index in [-0.39, 0.29) is 24.8 Å². The Kier molecular flexibility index (Phi) is 6.23. The molecule has 1 aromatic heterocycles. The highest BCUT2D eigenvalue weighted by Crippen LogP contribution is 2.18. The van der Waals surface area contributed by atoms with Gasteiger partial charge in [0.25, 0.3) is 0 Å². The summed E-state index contributed by atoms with van der Waals surface area (Å²) in [6, 6.07) is 20.6. The van der Waals surface area contributed by atoms with Crippen molar-refractivity contribution in [1.29, 1.82) is 0 Å². The number of fused-ring (bicyclic) bond motifs is 1. The minimum absolute atomic E-state index is 0. The molecule has 1 nitrogen and oxygen atoms in total. The first-order valence-electron chi connectivity index (χ1n) is 6.00. The minimum atomic E-state index is 0. The van der Waals surface area contributed by atoms with Gasteiger partial charge in [0, 0.05) is 11.6 Å². The van der Waals surface area contributed by atoms with Gasteiger partial charge in [0.1, 0.15) is 0 Å². The molecule has 0 saturated carbocycles. The van der Waals surface area contributed by atoms with Crippen molar-refractivity contribution in [2.75, 3.05) is 0 Å². The molecule has 3 aromatic rings. The largest absolute Gasteiger partial charge is 0.256 e. The van der Waals surface area contributed by atoms with Crippen LogP contribution in [0.15, 0.2) is 66.9 Å². The van der Waals surface area contributed by atoms with Crippen molar-refractivity contribution in [2.45, 2.75) is 0 Å². The Hall–Kier alpha value is -1.83. The zero-order chi connectivity index (χ0) is 12.2. The Labute approximate surface area is 131 Å². The molecule has 3 rings (SSSR count). The third kappa shape index (κ3) is 3.60. The normalized spacial score (nSPS) is 10.0. The number of pyridine rings is 1. The zero-order valence-electron chi connectivity index (χ0n) is 10.8. The van der Waals surface area contributed by atoms with Crippen molar-refractivity contribution < 1.29 is 0 Å². The fraction of sp³-hybridized carbons (Fsp3) is 0. The minimum Gasteiger partial charge on any atom is -0.256 e. The Balaban J connectivity index is 0.000001000. The summed E-state index contributed by atoms with van der Waals surface area (Å²) in [6.45, 7) is 0. The molecular formula is C17H15Cl2N. The Morgan fingerprint density at radius 2 is 1.40 bits per heavy atom. The maximum atomic E-state index is 4.44. The topological polar surface area (TPSA) is 12.9 Å². The Bertz CT molecular complexity index is 688. The highest BCUT2D eigenvalue weighted by molar-refractivity contribution is 5.91. The number of nitrogens with zero attached hydrogens (tertiary/aromatic N) is 1. The molecule has 0 amide bonds. The summed E-state index contributed by atoms with van der Waals surface area (Å²) in [5, 5.41) is 2.41. The third-order valence-corrected chi connectivity index (χ3v) is 2.94. The summed E-state index contributed by atoms with van der Waals surface area (Å²) < 4.78 is 0. The number of hydrogen-bond acceptors (Lipinski definition) is 1. The summed E-state index contributed by atoms with van der Waals surface area (Å²) in [5.74, 6) is 0. The summed E-state index contributed by atoms with van der Waals surface area (Å²) in [5.41, 5.74) is 2.20. The average Bonchev–Trinajstić information content (AvgIpc) is 2.46. The van der Waals surface area contributed by atoms with Crippen LogP contribution in [0.4, 0.5) is 0 Å². The number of halogens is 2. The third-order valence-electron chi connectivity index (χ3n) is 2.94. The molecule has 0 aliphatic heterocycles. The molecule has 0 N–H and O–H groups in total. The molecule has 1 heterocycles. The van der Waals surface area contributed by atoms with Gasteiger partial charge in [-0.3, -0.25) is 4.98 Å². The van der Waals surface area contributed by atoms with Gasteiger partial charge >= 0.3 is 0 Å². The monoisotopic (exact) mass is 303 g/mol. The zero-order valence-corrected chi connectivity index (χ0v) is 12.4. The maximum absolute atomic E-state index is 4.44. The van der Waals surface area contributed by atoms with E-state index in [0.29, 0.717) is 0 Å². The van der Waals surface area contributed by atoms with E-state index < -0.39 is 0 Å². The second kappa shape index (κ2) is 7.68. The molecule has 0 unspecified atom stereocenters. The molecule has 0 radical (unpaired) electrons. The van der Waals surface area contributed by atoms with E-state index in [9.17, 15) is 0 Å². The van der Waals surface area contributed by atoms with Gasteiger partial charge in [-0.2, -0.15) is 0 Å². The van der Waals surface area contributed by atoms with Gasteiger partial charge < -0.3 is 0 Å². The lowest BCUT2D eigenvalue weighted by Crippen LogP contribution is -1.82. The standard InChI is InChI=1S/C17H13N.2ClH/c1-2-6-14(7-3-1)10-11-17-16-9-5-4-8-15(16)12-13-18-17;;/h1-13H;2*1H/b11-10+;;. The molecule has 0 fully saturated rings. The molecule has 0 bridgehead atoms. The van der Waals surface area contributed by atoms with Crippen molar-refractivity contribution >= 4 is 47.7 Å². The molecule has 0 spiro atoms. The van der Waals surface area contributed by atoms with E-state index in [1.54, 1.807) is 0 Å². The van der Waals surface area contributed by atoms with Gasteiger partial charge in [-0.1, -0.05) is 60.7 Å². The van der Waals surface area contributed by atoms with Crippen molar-refractivity contribution in [1.82, 2.24) is 4.98 Å². The van der Waals surface area contributed by atoms with E-state index in [1.807, 2.05) is 42.6 Å². The predicted molar refractivity (Wildman–Crippen MR) is 91.6 cm³/mol. The Morgan fingerprint density at radius 1 is 0.700 bits per heavy atom. The second-order valence-corrected chi connectivity index (χ2v) is 4.16. The van der Waals surface area contributed by atoms with E-state index in [1.165, 1.54) is 16.3 Å².